The molecule has 32 heavy (non-hydrogen) atoms. The minimum absolute atomic E-state index is 0. The molecule has 2 heterocycles. The van der Waals surface area contributed by atoms with Gasteiger partial charge in [0.15, 0.2) is 0 Å². The molecule has 3 rings (SSSR count). The fourth-order valence-corrected chi connectivity index (χ4v) is 2.55. The van der Waals surface area contributed by atoms with Crippen LogP contribution in [-0.4, -0.2) is 9.97 Å². The van der Waals surface area contributed by atoms with E-state index in [4.69, 9.17) is 0 Å². The Kier molecular flexibility index (Phi) is 13.7. The minimum atomic E-state index is 0. The Bertz CT molecular complexity index is 702. The first-order valence-electron chi connectivity index (χ1n) is 10.7. The van der Waals surface area contributed by atoms with Gasteiger partial charge >= 0.3 is 0 Å². The van der Waals surface area contributed by atoms with Gasteiger partial charge < -0.3 is 0 Å². The van der Waals surface area contributed by atoms with Crippen LogP contribution in [0.4, 0.5) is 0 Å². The summed E-state index contributed by atoms with van der Waals surface area (Å²) < 4.78 is 0. The van der Waals surface area contributed by atoms with Crippen molar-refractivity contribution in [3.63, 3.8) is 0 Å². The summed E-state index contributed by atoms with van der Waals surface area (Å²) in [4.78, 5) is 8.30. The molecule has 0 saturated carbocycles. The Labute approximate surface area is 199 Å². The van der Waals surface area contributed by atoms with Crippen LogP contribution in [0, 0.1) is 0 Å². The molecule has 0 atom stereocenters. The maximum absolute atomic E-state index is 4.25. The molecule has 2 nitrogen and oxygen atoms in total. The zero-order valence-electron chi connectivity index (χ0n) is 20.4. The van der Waals surface area contributed by atoms with Crippen LogP contribution < -0.4 is 0 Å². The Morgan fingerprint density at radius 1 is 0.500 bits per heavy atom. The number of aromatic nitrogens is 2. The monoisotopic (exact) mass is 436 g/mol. The molecule has 0 N–H and O–H groups in total. The highest BCUT2D eigenvalue weighted by molar-refractivity contribution is 5.22. The third kappa shape index (κ3) is 12.4. The van der Waals surface area contributed by atoms with Crippen molar-refractivity contribution >= 4 is 0 Å². The van der Waals surface area contributed by atoms with E-state index in [2.05, 4.69) is 115 Å². The average molecular weight is 437 g/mol. The van der Waals surface area contributed by atoms with Crippen molar-refractivity contribution < 1.29 is 0 Å². The average Bonchev–Trinajstić information content (AvgIpc) is 2.69. The fourth-order valence-electron chi connectivity index (χ4n) is 2.55. The number of hydrogen-bond donors (Lipinski definition) is 0. The molecule has 3 aromatic rings. The highest BCUT2D eigenvalue weighted by Crippen LogP contribution is 2.21. The minimum Gasteiger partial charge on any atom is -0.264 e. The Morgan fingerprint density at radius 3 is 1.28 bits per heavy atom. The lowest BCUT2D eigenvalue weighted by Crippen LogP contribution is -2.12. The first-order chi connectivity index (χ1) is 13.8. The van der Waals surface area contributed by atoms with Gasteiger partial charge in [0.25, 0.3) is 0 Å². The number of benzene rings is 1. The summed E-state index contributed by atoms with van der Waals surface area (Å²) in [6.45, 7) is 19.7. The van der Waals surface area contributed by atoms with Crippen LogP contribution in [0.25, 0.3) is 0 Å². The van der Waals surface area contributed by atoms with Crippen LogP contribution in [0.3, 0.4) is 0 Å². The second-order valence-corrected chi connectivity index (χ2v) is 10.6. The van der Waals surface area contributed by atoms with E-state index >= 15 is 0 Å². The lowest BCUT2D eigenvalue weighted by Gasteiger charge is -2.18. The zero-order chi connectivity index (χ0) is 22.8. The lowest BCUT2D eigenvalue weighted by atomic mass is 9.87. The number of nitrogens with zero attached hydrogens (tertiary/aromatic N) is 2. The van der Waals surface area contributed by atoms with Crippen LogP contribution in [0.2, 0.25) is 0 Å². The lowest BCUT2D eigenvalue weighted by molar-refractivity contribution is 0.569. The summed E-state index contributed by atoms with van der Waals surface area (Å²) in [5, 5.41) is 0. The van der Waals surface area contributed by atoms with Crippen LogP contribution in [0.5, 0.6) is 0 Å². The predicted molar refractivity (Wildman–Crippen MR) is 144 cm³/mol. The van der Waals surface area contributed by atoms with E-state index in [1.165, 1.54) is 11.1 Å². The van der Waals surface area contributed by atoms with Gasteiger partial charge in [-0.05, 0) is 40.2 Å². The summed E-state index contributed by atoms with van der Waals surface area (Å²) in [5.74, 6) is 0. The van der Waals surface area contributed by atoms with Gasteiger partial charge in [-0.1, -0.05) is 120 Å². The Balaban J connectivity index is 0. The van der Waals surface area contributed by atoms with Gasteiger partial charge in [-0.15, -0.1) is 0 Å². The van der Waals surface area contributed by atoms with Gasteiger partial charge in [0.1, 0.15) is 0 Å². The van der Waals surface area contributed by atoms with Crippen LogP contribution in [0.15, 0.2) is 79.3 Å². The van der Waals surface area contributed by atoms with Crippen LogP contribution in [-0.2, 0) is 16.2 Å². The molecule has 0 aliphatic rings. The predicted octanol–water partition coefficient (Wildman–Crippen LogP) is 9.01. The van der Waals surface area contributed by atoms with Crippen molar-refractivity contribution in [2.45, 2.75) is 93.4 Å². The maximum Gasteiger partial charge on any atom is 0.0457 e. The van der Waals surface area contributed by atoms with E-state index in [0.29, 0.717) is 5.41 Å². The van der Waals surface area contributed by atoms with E-state index in [1.54, 1.807) is 6.20 Å². The third-order valence-corrected chi connectivity index (χ3v) is 4.60. The van der Waals surface area contributed by atoms with Crippen molar-refractivity contribution in [3.8, 4) is 0 Å². The number of rotatable bonds is 0. The van der Waals surface area contributed by atoms with E-state index in [0.717, 1.165) is 5.69 Å². The summed E-state index contributed by atoms with van der Waals surface area (Å²) in [6, 6.07) is 20.6. The third-order valence-electron chi connectivity index (χ3n) is 4.60. The molecule has 0 unspecified atom stereocenters. The van der Waals surface area contributed by atoms with Crippen molar-refractivity contribution in [1.29, 1.82) is 0 Å². The molecule has 0 amide bonds. The normalized spacial score (nSPS) is 10.8. The summed E-state index contributed by atoms with van der Waals surface area (Å²) in [5.41, 5.74) is 4.54. The van der Waals surface area contributed by atoms with Gasteiger partial charge in [-0.2, -0.15) is 0 Å². The SMILES string of the molecule is C.C.CC(C)(C)c1ccccc1.CC(C)(C)c1ccccn1.CC(C)(C)c1cccnc1. The molecule has 178 valence electrons. The van der Waals surface area contributed by atoms with Gasteiger partial charge in [-0.3, -0.25) is 9.97 Å². The van der Waals surface area contributed by atoms with Gasteiger partial charge in [0.05, 0.1) is 0 Å². The van der Waals surface area contributed by atoms with Gasteiger partial charge in [0, 0.05) is 29.7 Å². The molecule has 0 spiro atoms. The molecule has 1 aromatic carbocycles. The molecule has 2 aromatic heterocycles. The van der Waals surface area contributed by atoms with E-state index in [-0.39, 0.29) is 25.7 Å². The molecule has 0 fully saturated rings. The number of pyridine rings is 2. The topological polar surface area (TPSA) is 25.8 Å². The highest BCUT2D eigenvalue weighted by atomic mass is 14.7. The molecule has 2 heteroatoms. The molecular weight excluding hydrogens is 388 g/mol. The summed E-state index contributed by atoms with van der Waals surface area (Å²) in [7, 11) is 0. The first-order valence-corrected chi connectivity index (χ1v) is 10.7. The van der Waals surface area contributed by atoms with Crippen molar-refractivity contribution in [3.05, 3.63) is 96.1 Å². The summed E-state index contributed by atoms with van der Waals surface area (Å²) in [6.07, 6.45) is 5.55. The molecule has 0 aliphatic carbocycles. The Hall–Kier alpha value is -2.48. The molecular formula is C30H48N2. The van der Waals surface area contributed by atoms with Crippen LogP contribution >= 0.6 is 0 Å². The van der Waals surface area contributed by atoms with E-state index in [1.807, 2.05) is 30.6 Å². The number of hydrogen-bond acceptors (Lipinski definition) is 2. The molecule has 0 bridgehead atoms. The van der Waals surface area contributed by atoms with Crippen molar-refractivity contribution in [2.75, 3.05) is 0 Å². The van der Waals surface area contributed by atoms with Crippen LogP contribution in [0.1, 0.15) is 94.0 Å². The largest absolute Gasteiger partial charge is 0.264 e. The van der Waals surface area contributed by atoms with Crippen molar-refractivity contribution in [1.82, 2.24) is 9.97 Å². The zero-order valence-corrected chi connectivity index (χ0v) is 20.4. The molecule has 0 radical (unpaired) electrons. The van der Waals surface area contributed by atoms with Gasteiger partial charge in [-0.25, -0.2) is 0 Å². The molecule has 0 aliphatic heterocycles. The standard InChI is InChI=1S/C10H14.2C9H13N.2CH4/c1-10(2,3)9-7-5-4-6-8-9;1-9(2,3)8-5-4-6-10-7-8;1-9(2,3)8-6-4-5-7-10-8;;/h4-8H,1-3H3;2*4-7H,1-3H3;2*1H4. The first kappa shape index (κ1) is 31.7. The quantitative estimate of drug-likeness (QED) is 0.351. The smallest absolute Gasteiger partial charge is 0.0457 e. The second kappa shape index (κ2) is 13.8. The van der Waals surface area contributed by atoms with E-state index in [9.17, 15) is 0 Å². The second-order valence-electron chi connectivity index (χ2n) is 10.6. The highest BCUT2D eigenvalue weighted by Gasteiger charge is 2.13. The van der Waals surface area contributed by atoms with Gasteiger partial charge in [0.2, 0.25) is 0 Å². The van der Waals surface area contributed by atoms with E-state index < -0.39 is 0 Å². The summed E-state index contributed by atoms with van der Waals surface area (Å²) >= 11 is 0. The molecule has 0 saturated heterocycles. The Morgan fingerprint density at radius 2 is 1.00 bits per heavy atom. The fraction of sp³-hybridized carbons (Fsp3) is 0.467. The van der Waals surface area contributed by atoms with Crippen molar-refractivity contribution in [2.24, 2.45) is 0 Å². The maximum atomic E-state index is 4.25.